The minimum atomic E-state index is 0.158. The van der Waals surface area contributed by atoms with Crippen LogP contribution in [0.2, 0.25) is 0 Å². The Balaban J connectivity index is 1.64. The summed E-state index contributed by atoms with van der Waals surface area (Å²) < 4.78 is 5.59. The van der Waals surface area contributed by atoms with E-state index in [0.29, 0.717) is 12.6 Å². The van der Waals surface area contributed by atoms with Crippen molar-refractivity contribution < 1.29 is 9.53 Å². The average molecular weight is 304 g/mol. The first-order chi connectivity index (χ1) is 10.6. The van der Waals surface area contributed by atoms with Crippen LogP contribution in [0.5, 0.6) is 0 Å². The van der Waals surface area contributed by atoms with Crippen LogP contribution >= 0.6 is 0 Å². The van der Waals surface area contributed by atoms with Gasteiger partial charge in [-0.1, -0.05) is 30.3 Å². The molecule has 4 nitrogen and oxygen atoms in total. The van der Waals surface area contributed by atoms with Gasteiger partial charge in [0.2, 0.25) is 5.91 Å². The minimum Gasteiger partial charge on any atom is -0.377 e. The Hall–Kier alpha value is -1.39. The van der Waals surface area contributed by atoms with Crippen molar-refractivity contribution in [3.05, 3.63) is 35.9 Å². The van der Waals surface area contributed by atoms with Gasteiger partial charge in [-0.05, 0) is 45.3 Å². The Morgan fingerprint density at radius 3 is 2.59 bits per heavy atom. The van der Waals surface area contributed by atoms with E-state index in [1.54, 1.807) is 0 Å². The number of hydrogen-bond acceptors (Lipinski definition) is 3. The van der Waals surface area contributed by atoms with E-state index in [2.05, 4.69) is 24.1 Å². The molecule has 1 amide bonds. The Morgan fingerprint density at radius 2 is 1.95 bits per heavy atom. The van der Waals surface area contributed by atoms with Crippen molar-refractivity contribution in [1.29, 1.82) is 0 Å². The normalized spacial score (nSPS) is 16.9. The van der Waals surface area contributed by atoms with Crippen LogP contribution < -0.4 is 5.32 Å². The number of nitrogens with one attached hydrogen (secondary N) is 1. The topological polar surface area (TPSA) is 41.6 Å². The van der Waals surface area contributed by atoms with Crippen molar-refractivity contribution in [2.45, 2.75) is 39.3 Å². The Morgan fingerprint density at radius 1 is 1.27 bits per heavy atom. The SMILES string of the molecule is CC(C)OCCN1CCC(C(=O)NCc2ccccc2)CC1. The standard InChI is InChI=1S/C18H28N2O2/c1-15(2)22-13-12-20-10-8-17(9-11-20)18(21)19-14-16-6-4-3-5-7-16/h3-7,15,17H,8-14H2,1-2H3,(H,19,21). The lowest BCUT2D eigenvalue weighted by Gasteiger charge is -2.31. The monoisotopic (exact) mass is 304 g/mol. The number of nitrogens with zero attached hydrogens (tertiary/aromatic N) is 1. The van der Waals surface area contributed by atoms with Gasteiger partial charge in [-0.2, -0.15) is 0 Å². The summed E-state index contributed by atoms with van der Waals surface area (Å²) in [4.78, 5) is 14.6. The van der Waals surface area contributed by atoms with E-state index < -0.39 is 0 Å². The molecule has 4 heteroatoms. The van der Waals surface area contributed by atoms with Crippen LogP contribution in [0.25, 0.3) is 0 Å². The van der Waals surface area contributed by atoms with Crippen LogP contribution in [0.4, 0.5) is 0 Å². The van der Waals surface area contributed by atoms with Crippen molar-refractivity contribution in [3.63, 3.8) is 0 Å². The molecule has 0 saturated carbocycles. The molecule has 1 aliphatic rings. The molecule has 0 unspecified atom stereocenters. The molecule has 22 heavy (non-hydrogen) atoms. The van der Waals surface area contributed by atoms with Gasteiger partial charge in [0, 0.05) is 19.0 Å². The van der Waals surface area contributed by atoms with Gasteiger partial charge in [0.25, 0.3) is 0 Å². The molecule has 1 aromatic carbocycles. The fourth-order valence-corrected chi connectivity index (χ4v) is 2.77. The van der Waals surface area contributed by atoms with Crippen molar-refractivity contribution in [2.75, 3.05) is 26.2 Å². The number of amides is 1. The lowest BCUT2D eigenvalue weighted by molar-refractivity contribution is -0.126. The average Bonchev–Trinajstić information content (AvgIpc) is 2.54. The third kappa shape index (κ3) is 5.78. The lowest BCUT2D eigenvalue weighted by atomic mass is 9.96. The molecule has 1 N–H and O–H groups in total. The van der Waals surface area contributed by atoms with Gasteiger partial charge in [0.15, 0.2) is 0 Å². The molecule has 122 valence electrons. The molecular weight excluding hydrogens is 276 g/mol. The lowest BCUT2D eigenvalue weighted by Crippen LogP contribution is -2.41. The maximum atomic E-state index is 12.2. The van der Waals surface area contributed by atoms with Crippen LogP contribution in [0.1, 0.15) is 32.3 Å². The number of likely N-dealkylation sites (tertiary alicyclic amines) is 1. The molecule has 0 spiro atoms. The van der Waals surface area contributed by atoms with Gasteiger partial charge >= 0.3 is 0 Å². The molecule has 2 rings (SSSR count). The Labute approximate surface area is 133 Å². The molecular formula is C18H28N2O2. The number of rotatable bonds is 7. The van der Waals surface area contributed by atoms with Crippen LogP contribution in [0.15, 0.2) is 30.3 Å². The second kappa shape index (κ2) is 8.91. The summed E-state index contributed by atoms with van der Waals surface area (Å²) in [6.45, 7) is 8.48. The molecule has 1 saturated heterocycles. The zero-order valence-electron chi connectivity index (χ0n) is 13.8. The zero-order chi connectivity index (χ0) is 15.8. The van der Waals surface area contributed by atoms with Crippen LogP contribution in [0.3, 0.4) is 0 Å². The van der Waals surface area contributed by atoms with Crippen molar-refractivity contribution in [3.8, 4) is 0 Å². The zero-order valence-corrected chi connectivity index (χ0v) is 13.8. The summed E-state index contributed by atoms with van der Waals surface area (Å²) in [5.74, 6) is 0.355. The fraction of sp³-hybridized carbons (Fsp3) is 0.611. The summed E-state index contributed by atoms with van der Waals surface area (Å²) in [5, 5.41) is 3.06. The summed E-state index contributed by atoms with van der Waals surface area (Å²) in [5.41, 5.74) is 1.15. The van der Waals surface area contributed by atoms with Crippen LogP contribution in [-0.4, -0.2) is 43.2 Å². The number of carbonyl (C=O) groups is 1. The number of benzene rings is 1. The predicted octanol–water partition coefficient (Wildman–Crippen LogP) is 2.44. The van der Waals surface area contributed by atoms with Crippen molar-refractivity contribution >= 4 is 5.91 Å². The van der Waals surface area contributed by atoms with Gasteiger partial charge in [0.1, 0.15) is 0 Å². The van der Waals surface area contributed by atoms with Crippen molar-refractivity contribution in [1.82, 2.24) is 10.2 Å². The summed E-state index contributed by atoms with van der Waals surface area (Å²) >= 11 is 0. The summed E-state index contributed by atoms with van der Waals surface area (Å²) in [6.07, 6.45) is 2.19. The third-order valence-corrected chi connectivity index (χ3v) is 4.13. The van der Waals surface area contributed by atoms with Gasteiger partial charge in [-0.25, -0.2) is 0 Å². The smallest absolute Gasteiger partial charge is 0.223 e. The van der Waals surface area contributed by atoms with Crippen molar-refractivity contribution in [2.24, 2.45) is 5.92 Å². The largest absolute Gasteiger partial charge is 0.377 e. The maximum absolute atomic E-state index is 12.2. The molecule has 1 fully saturated rings. The molecule has 1 heterocycles. The van der Waals surface area contributed by atoms with Gasteiger partial charge in [-0.15, -0.1) is 0 Å². The molecule has 1 aliphatic heterocycles. The number of carbonyl (C=O) groups excluding carboxylic acids is 1. The number of piperidine rings is 1. The first kappa shape index (κ1) is 17.0. The van der Waals surface area contributed by atoms with Gasteiger partial charge in [-0.3, -0.25) is 4.79 Å². The molecule has 0 atom stereocenters. The molecule has 0 bridgehead atoms. The first-order valence-electron chi connectivity index (χ1n) is 8.30. The highest BCUT2D eigenvalue weighted by Crippen LogP contribution is 2.17. The third-order valence-electron chi connectivity index (χ3n) is 4.13. The second-order valence-electron chi connectivity index (χ2n) is 6.24. The summed E-state index contributed by atoms with van der Waals surface area (Å²) in [7, 11) is 0. The number of ether oxygens (including phenoxy) is 1. The molecule has 0 aromatic heterocycles. The van der Waals surface area contributed by atoms with E-state index in [4.69, 9.17) is 4.74 Å². The van der Waals surface area contributed by atoms with E-state index in [0.717, 1.165) is 44.6 Å². The Bertz CT molecular complexity index is 440. The van der Waals surface area contributed by atoms with E-state index in [9.17, 15) is 4.79 Å². The second-order valence-corrected chi connectivity index (χ2v) is 6.24. The predicted molar refractivity (Wildman–Crippen MR) is 88.5 cm³/mol. The van der Waals surface area contributed by atoms with Gasteiger partial charge in [0.05, 0.1) is 12.7 Å². The van der Waals surface area contributed by atoms with Crippen LogP contribution in [-0.2, 0) is 16.1 Å². The highest BCUT2D eigenvalue weighted by Gasteiger charge is 2.24. The van der Waals surface area contributed by atoms with E-state index in [-0.39, 0.29) is 11.8 Å². The molecule has 0 aliphatic carbocycles. The van der Waals surface area contributed by atoms with Gasteiger partial charge < -0.3 is 15.0 Å². The summed E-state index contributed by atoms with van der Waals surface area (Å²) in [6, 6.07) is 10.1. The Kier molecular flexibility index (Phi) is 6.87. The van der Waals surface area contributed by atoms with E-state index in [1.165, 1.54) is 0 Å². The minimum absolute atomic E-state index is 0.158. The quantitative estimate of drug-likeness (QED) is 0.841. The number of hydrogen-bond donors (Lipinski definition) is 1. The fourth-order valence-electron chi connectivity index (χ4n) is 2.77. The molecule has 1 aromatic rings. The van der Waals surface area contributed by atoms with E-state index >= 15 is 0 Å². The molecule has 0 radical (unpaired) electrons. The highest BCUT2D eigenvalue weighted by molar-refractivity contribution is 5.78. The highest BCUT2D eigenvalue weighted by atomic mass is 16.5. The maximum Gasteiger partial charge on any atom is 0.223 e. The van der Waals surface area contributed by atoms with E-state index in [1.807, 2.05) is 30.3 Å². The first-order valence-corrected chi connectivity index (χ1v) is 8.30. The van der Waals surface area contributed by atoms with Crippen LogP contribution in [0, 0.1) is 5.92 Å².